The molecule has 0 bridgehead atoms. The molecular weight excluding hydrogens is 272 g/mol. The van der Waals surface area contributed by atoms with Crippen molar-refractivity contribution in [1.29, 1.82) is 0 Å². The molecule has 0 atom stereocenters. The van der Waals surface area contributed by atoms with Crippen LogP contribution in [0.5, 0.6) is 0 Å². The van der Waals surface area contributed by atoms with Gasteiger partial charge in [0.15, 0.2) is 6.54 Å². The molecule has 20 heavy (non-hydrogen) atoms. The van der Waals surface area contributed by atoms with Crippen molar-refractivity contribution in [2.75, 3.05) is 52.4 Å². The summed E-state index contributed by atoms with van der Waals surface area (Å²) in [6, 6.07) is 0. The standard InChI is InChI=1S/C10H20N4O6/c15-9(16)7-12-3-1-11-2-4-13(6-5-12)20-14(19)8-10(17)18/h11,19H,1-8H2,(H,15,16)(H,17,18). The third-order valence-corrected chi connectivity index (χ3v) is 2.65. The summed E-state index contributed by atoms with van der Waals surface area (Å²) in [7, 11) is 0. The molecular formula is C10H20N4O6. The van der Waals surface area contributed by atoms with Gasteiger partial charge in [0.05, 0.1) is 6.54 Å². The van der Waals surface area contributed by atoms with Gasteiger partial charge in [-0.05, 0) is 5.23 Å². The highest BCUT2D eigenvalue weighted by atomic mass is 17.0. The summed E-state index contributed by atoms with van der Waals surface area (Å²) in [5.74, 6) is -2.13. The fourth-order valence-electron chi connectivity index (χ4n) is 1.75. The van der Waals surface area contributed by atoms with E-state index in [1.165, 1.54) is 5.06 Å². The quantitative estimate of drug-likeness (QED) is 0.404. The molecule has 1 heterocycles. The lowest BCUT2D eigenvalue weighted by Gasteiger charge is -2.25. The van der Waals surface area contributed by atoms with Gasteiger partial charge < -0.3 is 15.5 Å². The van der Waals surface area contributed by atoms with Crippen LogP contribution in [0.1, 0.15) is 0 Å². The van der Waals surface area contributed by atoms with Crippen molar-refractivity contribution in [2.24, 2.45) is 0 Å². The van der Waals surface area contributed by atoms with Crippen LogP contribution >= 0.6 is 0 Å². The predicted octanol–water partition coefficient (Wildman–Crippen LogP) is -2.10. The number of hydroxylamine groups is 4. The molecule has 0 radical (unpaired) electrons. The summed E-state index contributed by atoms with van der Waals surface area (Å²) in [4.78, 5) is 27.8. The van der Waals surface area contributed by atoms with E-state index in [0.717, 1.165) is 0 Å². The number of carbonyl (C=O) groups is 2. The Morgan fingerprint density at radius 2 is 1.80 bits per heavy atom. The Hall–Kier alpha value is -1.30. The van der Waals surface area contributed by atoms with Gasteiger partial charge in [-0.15, -0.1) is 0 Å². The van der Waals surface area contributed by atoms with Crippen LogP contribution < -0.4 is 5.32 Å². The molecule has 0 aromatic rings. The monoisotopic (exact) mass is 292 g/mol. The Kier molecular flexibility index (Phi) is 7.36. The summed E-state index contributed by atoms with van der Waals surface area (Å²) in [5.41, 5.74) is 0. The molecule has 1 saturated heterocycles. The number of carboxylic acids is 2. The summed E-state index contributed by atoms with van der Waals surface area (Å²) < 4.78 is 0. The van der Waals surface area contributed by atoms with Gasteiger partial charge in [-0.3, -0.25) is 19.7 Å². The molecule has 0 spiro atoms. The first kappa shape index (κ1) is 16.8. The first-order valence-electron chi connectivity index (χ1n) is 6.23. The molecule has 0 amide bonds. The molecule has 0 saturated carbocycles. The first-order valence-corrected chi connectivity index (χ1v) is 6.23. The number of carboxylic acid groups (broad SMARTS) is 2. The van der Waals surface area contributed by atoms with E-state index in [-0.39, 0.29) is 11.8 Å². The van der Waals surface area contributed by atoms with Gasteiger partial charge in [0.2, 0.25) is 0 Å². The van der Waals surface area contributed by atoms with Gasteiger partial charge in [-0.2, -0.15) is 10.0 Å². The SMILES string of the molecule is O=C(O)CN1CCNCCN(ON(O)CC(=O)O)CC1. The minimum atomic E-state index is -1.22. The molecule has 10 heteroatoms. The van der Waals surface area contributed by atoms with Crippen LogP contribution in [-0.4, -0.2) is 94.9 Å². The average Bonchev–Trinajstić information content (AvgIpc) is 2.41. The van der Waals surface area contributed by atoms with Crippen molar-refractivity contribution in [3.8, 4) is 0 Å². The van der Waals surface area contributed by atoms with E-state index in [1.807, 2.05) is 0 Å². The maximum Gasteiger partial charge on any atom is 0.322 e. The van der Waals surface area contributed by atoms with E-state index in [0.29, 0.717) is 39.3 Å². The number of nitrogens with zero attached hydrogens (tertiary/aromatic N) is 3. The van der Waals surface area contributed by atoms with Gasteiger partial charge in [0, 0.05) is 39.3 Å². The number of hydrogen-bond donors (Lipinski definition) is 4. The molecule has 116 valence electrons. The van der Waals surface area contributed by atoms with Crippen LogP contribution in [0.2, 0.25) is 0 Å². The summed E-state index contributed by atoms with van der Waals surface area (Å²) in [5, 5.41) is 31.3. The van der Waals surface area contributed by atoms with Crippen LogP contribution in [0, 0.1) is 0 Å². The Bertz CT molecular complexity index is 329. The van der Waals surface area contributed by atoms with Gasteiger partial charge >= 0.3 is 11.9 Å². The number of aliphatic carboxylic acids is 2. The zero-order valence-corrected chi connectivity index (χ0v) is 11.1. The number of rotatable bonds is 6. The molecule has 0 aromatic heterocycles. The summed E-state index contributed by atoms with van der Waals surface area (Å²) in [6.07, 6.45) is 0. The molecule has 1 fully saturated rings. The van der Waals surface area contributed by atoms with Gasteiger partial charge in [0.25, 0.3) is 0 Å². The van der Waals surface area contributed by atoms with E-state index in [4.69, 9.17) is 15.2 Å². The Balaban J connectivity index is 2.45. The van der Waals surface area contributed by atoms with Crippen LogP contribution in [0.15, 0.2) is 0 Å². The Morgan fingerprint density at radius 1 is 1.10 bits per heavy atom. The highest BCUT2D eigenvalue weighted by molar-refractivity contribution is 5.69. The second kappa shape index (κ2) is 8.79. The highest BCUT2D eigenvalue weighted by Crippen LogP contribution is 1.98. The fourth-order valence-corrected chi connectivity index (χ4v) is 1.75. The van der Waals surface area contributed by atoms with E-state index in [9.17, 15) is 14.8 Å². The third kappa shape index (κ3) is 7.33. The summed E-state index contributed by atoms with van der Waals surface area (Å²) in [6.45, 7) is 2.33. The largest absolute Gasteiger partial charge is 0.480 e. The van der Waals surface area contributed by atoms with Crippen molar-refractivity contribution >= 4 is 11.9 Å². The molecule has 0 unspecified atom stereocenters. The highest BCUT2D eigenvalue weighted by Gasteiger charge is 2.17. The second-order valence-corrected chi connectivity index (χ2v) is 4.33. The molecule has 0 aromatic carbocycles. The van der Waals surface area contributed by atoms with Crippen LogP contribution in [0.3, 0.4) is 0 Å². The lowest BCUT2D eigenvalue weighted by molar-refractivity contribution is -0.434. The third-order valence-electron chi connectivity index (χ3n) is 2.65. The van der Waals surface area contributed by atoms with E-state index >= 15 is 0 Å². The smallest absolute Gasteiger partial charge is 0.322 e. The molecule has 10 nitrogen and oxygen atoms in total. The van der Waals surface area contributed by atoms with Crippen LogP contribution in [0.4, 0.5) is 0 Å². The zero-order valence-electron chi connectivity index (χ0n) is 11.1. The average molecular weight is 292 g/mol. The maximum absolute atomic E-state index is 10.7. The van der Waals surface area contributed by atoms with E-state index < -0.39 is 18.5 Å². The van der Waals surface area contributed by atoms with Gasteiger partial charge in [-0.1, -0.05) is 0 Å². The Morgan fingerprint density at radius 3 is 2.45 bits per heavy atom. The van der Waals surface area contributed by atoms with Crippen molar-refractivity contribution in [3.05, 3.63) is 0 Å². The minimum Gasteiger partial charge on any atom is -0.480 e. The fraction of sp³-hybridized carbons (Fsp3) is 0.800. The van der Waals surface area contributed by atoms with Crippen LogP contribution in [-0.2, 0) is 14.5 Å². The lowest BCUT2D eigenvalue weighted by Crippen LogP contribution is -2.42. The number of hydrogen-bond acceptors (Lipinski definition) is 8. The number of nitrogens with one attached hydrogen (secondary N) is 1. The zero-order chi connectivity index (χ0) is 15.0. The van der Waals surface area contributed by atoms with E-state index in [1.54, 1.807) is 4.90 Å². The summed E-state index contributed by atoms with van der Waals surface area (Å²) >= 11 is 0. The van der Waals surface area contributed by atoms with Crippen molar-refractivity contribution < 1.29 is 29.9 Å². The van der Waals surface area contributed by atoms with Gasteiger partial charge in [-0.25, -0.2) is 0 Å². The van der Waals surface area contributed by atoms with E-state index in [2.05, 4.69) is 5.32 Å². The van der Waals surface area contributed by atoms with Crippen LogP contribution in [0.25, 0.3) is 0 Å². The molecule has 1 aliphatic rings. The molecule has 0 aliphatic carbocycles. The molecule has 1 rings (SSSR count). The minimum absolute atomic E-state index is 0.0759. The normalized spacial score (nSPS) is 19.3. The lowest BCUT2D eigenvalue weighted by atomic mass is 10.4. The Labute approximate surface area is 116 Å². The maximum atomic E-state index is 10.7. The molecule has 1 aliphatic heterocycles. The van der Waals surface area contributed by atoms with Crippen molar-refractivity contribution in [3.63, 3.8) is 0 Å². The second-order valence-electron chi connectivity index (χ2n) is 4.33. The van der Waals surface area contributed by atoms with Gasteiger partial charge in [0.1, 0.15) is 0 Å². The molecule has 4 N–H and O–H groups in total. The topological polar surface area (TPSA) is 126 Å². The van der Waals surface area contributed by atoms with Crippen molar-refractivity contribution in [2.45, 2.75) is 0 Å². The predicted molar refractivity (Wildman–Crippen MR) is 65.7 cm³/mol. The first-order chi connectivity index (χ1) is 9.47. The van der Waals surface area contributed by atoms with Crippen molar-refractivity contribution in [1.82, 2.24) is 20.5 Å².